The Kier molecular flexibility index (Phi) is 6.66. The second kappa shape index (κ2) is 8.78. The van der Waals surface area contributed by atoms with Crippen LogP contribution in [0.5, 0.6) is 0 Å². The predicted octanol–water partition coefficient (Wildman–Crippen LogP) is 5.73. The lowest BCUT2D eigenvalue weighted by Crippen LogP contribution is -2.47. The molecule has 1 heterocycles. The van der Waals surface area contributed by atoms with Gasteiger partial charge in [0.25, 0.3) is 0 Å². The molecule has 0 amide bonds. The summed E-state index contributed by atoms with van der Waals surface area (Å²) in [4.78, 5) is 5.28. The van der Waals surface area contributed by atoms with Crippen molar-refractivity contribution >= 4 is 5.69 Å². The van der Waals surface area contributed by atoms with E-state index in [1.807, 2.05) is 0 Å². The van der Waals surface area contributed by atoms with Gasteiger partial charge < -0.3 is 4.90 Å². The largest absolute Gasteiger partial charge is 0.369 e. The molecule has 1 saturated carbocycles. The highest BCUT2D eigenvalue weighted by Gasteiger charge is 2.31. The summed E-state index contributed by atoms with van der Waals surface area (Å²) in [5.74, 6) is 1.62. The number of rotatable bonds is 5. The first-order valence-corrected chi connectivity index (χ1v) is 11.0. The highest BCUT2D eigenvalue weighted by atomic mass is 15.3. The molecule has 2 heteroatoms. The van der Waals surface area contributed by atoms with Crippen molar-refractivity contribution in [2.24, 2.45) is 11.3 Å². The van der Waals surface area contributed by atoms with Crippen molar-refractivity contribution in [3.8, 4) is 0 Å². The maximum Gasteiger partial charge on any atom is 0.0402 e. The minimum Gasteiger partial charge on any atom is -0.369 e. The summed E-state index contributed by atoms with van der Waals surface area (Å²) >= 11 is 0. The van der Waals surface area contributed by atoms with Crippen molar-refractivity contribution in [1.29, 1.82) is 0 Å². The number of piperazine rings is 1. The Bertz CT molecular complexity index is 544. The van der Waals surface area contributed by atoms with Crippen LogP contribution >= 0.6 is 0 Å². The average molecular weight is 356 g/mol. The van der Waals surface area contributed by atoms with Gasteiger partial charge >= 0.3 is 0 Å². The number of nitrogens with zero attached hydrogens (tertiary/aromatic N) is 2. The molecule has 0 spiro atoms. The first-order chi connectivity index (χ1) is 12.5. The summed E-state index contributed by atoms with van der Waals surface area (Å²) in [5.41, 5.74) is 3.53. The first-order valence-electron chi connectivity index (χ1n) is 11.0. The van der Waals surface area contributed by atoms with Gasteiger partial charge in [0.2, 0.25) is 0 Å². The molecule has 3 rings (SSSR count). The zero-order valence-electron chi connectivity index (χ0n) is 17.6. The monoisotopic (exact) mass is 355 g/mol. The molecule has 1 radical (unpaired) electrons. The van der Waals surface area contributed by atoms with Crippen LogP contribution in [0, 0.1) is 17.4 Å². The third kappa shape index (κ3) is 4.82. The van der Waals surface area contributed by atoms with E-state index in [1.54, 1.807) is 5.56 Å². The predicted molar refractivity (Wildman–Crippen MR) is 113 cm³/mol. The molecule has 145 valence electrons. The molecule has 1 aliphatic carbocycles. The molecule has 0 N–H and O–H groups in total. The second-order valence-corrected chi connectivity index (χ2v) is 9.58. The van der Waals surface area contributed by atoms with Gasteiger partial charge in [-0.3, -0.25) is 4.90 Å². The van der Waals surface area contributed by atoms with E-state index in [-0.39, 0.29) is 0 Å². The van der Waals surface area contributed by atoms with Crippen LogP contribution in [0.4, 0.5) is 5.69 Å². The van der Waals surface area contributed by atoms with E-state index in [1.165, 1.54) is 76.9 Å². The van der Waals surface area contributed by atoms with E-state index < -0.39 is 0 Å². The molecule has 1 aromatic rings. The van der Waals surface area contributed by atoms with E-state index in [2.05, 4.69) is 61.8 Å². The van der Waals surface area contributed by atoms with Crippen molar-refractivity contribution in [3.63, 3.8) is 0 Å². The van der Waals surface area contributed by atoms with Crippen molar-refractivity contribution in [2.75, 3.05) is 37.6 Å². The molecule has 1 aliphatic heterocycles. The fourth-order valence-electron chi connectivity index (χ4n) is 4.91. The SMILES string of the molecule is CCCCN1CCN(c2cc[c]cc2C2CCC(C(C)(C)C)CC2)CC1. The van der Waals surface area contributed by atoms with Crippen LogP contribution < -0.4 is 4.90 Å². The van der Waals surface area contributed by atoms with E-state index in [0.717, 1.165) is 11.8 Å². The molecule has 0 unspecified atom stereocenters. The van der Waals surface area contributed by atoms with E-state index in [9.17, 15) is 0 Å². The highest BCUT2D eigenvalue weighted by molar-refractivity contribution is 5.55. The molecule has 0 atom stereocenters. The maximum atomic E-state index is 3.38. The molecular weight excluding hydrogens is 316 g/mol. The summed E-state index contributed by atoms with van der Waals surface area (Å²) in [6.07, 6.45) is 8.10. The Balaban J connectivity index is 1.63. The lowest BCUT2D eigenvalue weighted by molar-refractivity contribution is 0.169. The van der Waals surface area contributed by atoms with Crippen molar-refractivity contribution in [2.45, 2.75) is 72.1 Å². The number of anilines is 1. The Morgan fingerprint density at radius 3 is 2.35 bits per heavy atom. The van der Waals surface area contributed by atoms with Crippen LogP contribution in [0.25, 0.3) is 0 Å². The Morgan fingerprint density at radius 1 is 1.04 bits per heavy atom. The lowest BCUT2D eigenvalue weighted by Gasteiger charge is -2.40. The third-order valence-corrected chi connectivity index (χ3v) is 6.80. The van der Waals surface area contributed by atoms with Gasteiger partial charge in [-0.05, 0) is 79.7 Å². The summed E-state index contributed by atoms with van der Waals surface area (Å²) in [6.45, 7) is 15.6. The van der Waals surface area contributed by atoms with Gasteiger partial charge in [0.15, 0.2) is 0 Å². The van der Waals surface area contributed by atoms with E-state index in [4.69, 9.17) is 0 Å². The van der Waals surface area contributed by atoms with Gasteiger partial charge in [0.1, 0.15) is 0 Å². The minimum absolute atomic E-state index is 0.464. The fraction of sp³-hybridized carbons (Fsp3) is 0.750. The Labute approximate surface area is 162 Å². The molecule has 0 bridgehead atoms. The number of benzene rings is 1. The molecule has 2 fully saturated rings. The smallest absolute Gasteiger partial charge is 0.0402 e. The second-order valence-electron chi connectivity index (χ2n) is 9.58. The van der Waals surface area contributed by atoms with Crippen LogP contribution in [0.15, 0.2) is 18.2 Å². The summed E-state index contributed by atoms with van der Waals surface area (Å²) in [6, 6.07) is 10.1. The van der Waals surface area contributed by atoms with Crippen LogP contribution in [-0.2, 0) is 0 Å². The third-order valence-electron chi connectivity index (χ3n) is 6.80. The summed E-state index contributed by atoms with van der Waals surface area (Å²) in [7, 11) is 0. The van der Waals surface area contributed by atoms with Gasteiger partial charge in [-0.2, -0.15) is 0 Å². The van der Waals surface area contributed by atoms with Gasteiger partial charge in [0, 0.05) is 31.9 Å². The van der Waals surface area contributed by atoms with Crippen molar-refractivity contribution in [3.05, 3.63) is 29.8 Å². The topological polar surface area (TPSA) is 6.48 Å². The normalized spacial score (nSPS) is 25.5. The van der Waals surface area contributed by atoms with Gasteiger partial charge in [-0.1, -0.05) is 40.2 Å². The maximum absolute atomic E-state index is 3.38. The van der Waals surface area contributed by atoms with Crippen LogP contribution in [0.3, 0.4) is 0 Å². The Hall–Kier alpha value is -1.02. The first kappa shape index (κ1) is 19.7. The summed E-state index contributed by atoms with van der Waals surface area (Å²) < 4.78 is 0. The number of hydrogen-bond donors (Lipinski definition) is 0. The van der Waals surface area contributed by atoms with Crippen molar-refractivity contribution in [1.82, 2.24) is 4.90 Å². The van der Waals surface area contributed by atoms with Crippen LogP contribution in [-0.4, -0.2) is 37.6 Å². The van der Waals surface area contributed by atoms with Crippen LogP contribution in [0.2, 0.25) is 0 Å². The molecule has 2 aliphatic rings. The quantitative estimate of drug-likeness (QED) is 0.665. The number of unbranched alkanes of at least 4 members (excludes halogenated alkanes) is 1. The highest BCUT2D eigenvalue weighted by Crippen LogP contribution is 2.45. The van der Waals surface area contributed by atoms with Crippen molar-refractivity contribution < 1.29 is 0 Å². The standard InChI is InChI=1S/C24H39N2/c1-5-6-15-25-16-18-26(19-17-25)23-10-8-7-9-22(23)20-11-13-21(14-12-20)24(2,3)4/h8-10,20-21H,5-6,11-19H2,1-4H3. The van der Waals surface area contributed by atoms with E-state index >= 15 is 0 Å². The lowest BCUT2D eigenvalue weighted by atomic mass is 9.68. The summed E-state index contributed by atoms with van der Waals surface area (Å²) in [5, 5.41) is 0. The average Bonchev–Trinajstić information content (AvgIpc) is 2.66. The molecule has 0 aromatic heterocycles. The van der Waals surface area contributed by atoms with Gasteiger partial charge in [-0.25, -0.2) is 0 Å². The molecule has 1 saturated heterocycles. The zero-order valence-corrected chi connectivity index (χ0v) is 17.6. The molecule has 1 aromatic carbocycles. The minimum atomic E-state index is 0.464. The molecular formula is C24H39N2. The van der Waals surface area contributed by atoms with Crippen LogP contribution in [0.1, 0.15) is 77.7 Å². The molecule has 2 nitrogen and oxygen atoms in total. The fourth-order valence-corrected chi connectivity index (χ4v) is 4.91. The van der Waals surface area contributed by atoms with Gasteiger partial charge in [-0.15, -0.1) is 0 Å². The van der Waals surface area contributed by atoms with E-state index in [0.29, 0.717) is 5.41 Å². The Morgan fingerprint density at radius 2 is 1.73 bits per heavy atom. The molecule has 26 heavy (non-hydrogen) atoms. The number of hydrogen-bond acceptors (Lipinski definition) is 2. The van der Waals surface area contributed by atoms with Gasteiger partial charge in [0.05, 0.1) is 0 Å². The zero-order chi connectivity index (χ0) is 18.6.